The lowest BCUT2D eigenvalue weighted by Gasteiger charge is -1.97. The summed E-state index contributed by atoms with van der Waals surface area (Å²) in [7, 11) is 0. The molecule has 0 bridgehead atoms. The Hall–Kier alpha value is -1.10. The molecule has 0 aromatic carbocycles. The minimum Gasteiger partial charge on any atom is -0.291 e. The van der Waals surface area contributed by atoms with E-state index < -0.39 is 0 Å². The molecule has 0 radical (unpaired) electrons. The molecule has 0 heterocycles. The number of unbranched alkanes of at least 4 members (excludes halogenated alkanes) is 6. The second-order valence-corrected chi connectivity index (χ2v) is 4.72. The Morgan fingerprint density at radius 1 is 1.12 bits per heavy atom. The van der Waals surface area contributed by atoms with Gasteiger partial charge in [0, 0.05) is 12.8 Å². The van der Waals surface area contributed by atoms with E-state index in [0.29, 0.717) is 12.8 Å². The topological polar surface area (TPSA) is 34.1 Å². The maximum Gasteiger partial charge on any atom is 0.213 e. The molecule has 0 aliphatic heterocycles. The molecule has 0 aromatic rings. The number of carbonyl (C=O) groups is 2. The molecule has 1 atom stereocenters. The maximum absolute atomic E-state index is 11.3. The highest BCUT2D eigenvalue weighted by Crippen LogP contribution is 2.17. The van der Waals surface area contributed by atoms with E-state index in [1.165, 1.54) is 32.1 Å². The maximum atomic E-state index is 11.3. The molecular formula is C15H22O2. The van der Waals surface area contributed by atoms with Crippen LogP contribution in [0.2, 0.25) is 0 Å². The third kappa shape index (κ3) is 5.17. The van der Waals surface area contributed by atoms with Gasteiger partial charge in [-0.15, -0.1) is 5.92 Å². The Morgan fingerprint density at radius 3 is 2.47 bits per heavy atom. The van der Waals surface area contributed by atoms with Crippen molar-refractivity contribution in [3.8, 4) is 11.8 Å². The molecule has 1 fully saturated rings. The molecule has 0 unspecified atom stereocenters. The first-order valence-electron chi connectivity index (χ1n) is 6.81. The normalized spacial score (nSPS) is 19.2. The number of rotatable bonds is 6. The quantitative estimate of drug-likeness (QED) is 0.401. The van der Waals surface area contributed by atoms with Crippen molar-refractivity contribution in [3.63, 3.8) is 0 Å². The molecule has 0 aromatic heterocycles. The summed E-state index contributed by atoms with van der Waals surface area (Å²) in [5.41, 5.74) is 0. The van der Waals surface area contributed by atoms with E-state index in [-0.39, 0.29) is 17.5 Å². The SMILES string of the molecule is CCCCCCCCC#C[C@H]1CCC(=O)C1=O. The third-order valence-electron chi connectivity index (χ3n) is 3.18. The molecule has 0 spiro atoms. The van der Waals surface area contributed by atoms with Gasteiger partial charge in [-0.25, -0.2) is 0 Å². The zero-order valence-electron chi connectivity index (χ0n) is 10.8. The van der Waals surface area contributed by atoms with E-state index in [9.17, 15) is 9.59 Å². The van der Waals surface area contributed by atoms with Gasteiger partial charge in [-0.05, 0) is 12.8 Å². The van der Waals surface area contributed by atoms with E-state index in [4.69, 9.17) is 0 Å². The monoisotopic (exact) mass is 234 g/mol. The van der Waals surface area contributed by atoms with Crippen molar-refractivity contribution >= 4 is 11.6 Å². The Kier molecular flexibility index (Phi) is 6.62. The van der Waals surface area contributed by atoms with E-state index >= 15 is 0 Å². The van der Waals surface area contributed by atoms with Crippen LogP contribution in [0.4, 0.5) is 0 Å². The average molecular weight is 234 g/mol. The summed E-state index contributed by atoms with van der Waals surface area (Å²) in [6, 6.07) is 0. The number of hydrogen-bond donors (Lipinski definition) is 0. The van der Waals surface area contributed by atoms with E-state index in [1.54, 1.807) is 0 Å². The molecule has 0 amide bonds. The highest BCUT2D eigenvalue weighted by atomic mass is 16.2. The first-order chi connectivity index (χ1) is 8.25. The average Bonchev–Trinajstić information content (AvgIpc) is 2.64. The summed E-state index contributed by atoms with van der Waals surface area (Å²) >= 11 is 0. The summed E-state index contributed by atoms with van der Waals surface area (Å²) in [5, 5.41) is 0. The predicted octanol–water partition coefficient (Wildman–Crippen LogP) is 3.29. The van der Waals surface area contributed by atoms with Crippen molar-refractivity contribution in [1.82, 2.24) is 0 Å². The van der Waals surface area contributed by atoms with Crippen LogP contribution < -0.4 is 0 Å². The van der Waals surface area contributed by atoms with Crippen LogP contribution in [0.5, 0.6) is 0 Å². The largest absolute Gasteiger partial charge is 0.291 e. The van der Waals surface area contributed by atoms with Crippen LogP contribution in [0.15, 0.2) is 0 Å². The fourth-order valence-electron chi connectivity index (χ4n) is 2.05. The molecule has 1 aliphatic rings. The summed E-state index contributed by atoms with van der Waals surface area (Å²) in [6.45, 7) is 2.21. The first-order valence-corrected chi connectivity index (χ1v) is 6.81. The van der Waals surface area contributed by atoms with Gasteiger partial charge < -0.3 is 0 Å². The second-order valence-electron chi connectivity index (χ2n) is 4.72. The van der Waals surface area contributed by atoms with Crippen molar-refractivity contribution in [1.29, 1.82) is 0 Å². The van der Waals surface area contributed by atoms with Gasteiger partial charge >= 0.3 is 0 Å². The van der Waals surface area contributed by atoms with Crippen LogP contribution in [0.25, 0.3) is 0 Å². The predicted molar refractivity (Wildman–Crippen MR) is 68.5 cm³/mol. The second kappa shape index (κ2) is 8.06. The summed E-state index contributed by atoms with van der Waals surface area (Å²) in [6.07, 6.45) is 9.45. The molecule has 0 N–H and O–H groups in total. The number of ketones is 2. The van der Waals surface area contributed by atoms with Crippen molar-refractivity contribution in [2.45, 2.75) is 64.7 Å². The van der Waals surface area contributed by atoms with Crippen LogP contribution in [0, 0.1) is 17.8 Å². The third-order valence-corrected chi connectivity index (χ3v) is 3.18. The molecule has 2 heteroatoms. The van der Waals surface area contributed by atoms with Crippen LogP contribution >= 0.6 is 0 Å². The molecule has 94 valence electrons. The zero-order chi connectivity index (χ0) is 12.5. The Morgan fingerprint density at radius 2 is 1.82 bits per heavy atom. The van der Waals surface area contributed by atoms with Crippen molar-refractivity contribution in [3.05, 3.63) is 0 Å². The van der Waals surface area contributed by atoms with Gasteiger partial charge in [0.25, 0.3) is 0 Å². The molecule has 17 heavy (non-hydrogen) atoms. The van der Waals surface area contributed by atoms with Crippen LogP contribution in [-0.2, 0) is 9.59 Å². The number of Topliss-reactive ketones (excluding diaryl/α,β-unsaturated/α-hetero) is 2. The van der Waals surface area contributed by atoms with Crippen molar-refractivity contribution in [2.24, 2.45) is 5.92 Å². The van der Waals surface area contributed by atoms with Crippen LogP contribution in [0.3, 0.4) is 0 Å². The van der Waals surface area contributed by atoms with E-state index in [1.807, 2.05) is 0 Å². The fourth-order valence-corrected chi connectivity index (χ4v) is 2.05. The molecule has 1 aliphatic carbocycles. The fraction of sp³-hybridized carbons (Fsp3) is 0.733. The van der Waals surface area contributed by atoms with Crippen molar-refractivity contribution < 1.29 is 9.59 Å². The highest BCUT2D eigenvalue weighted by Gasteiger charge is 2.30. The van der Waals surface area contributed by atoms with Crippen molar-refractivity contribution in [2.75, 3.05) is 0 Å². The molecular weight excluding hydrogens is 212 g/mol. The Balaban J connectivity index is 2.07. The molecule has 0 saturated heterocycles. The minimum absolute atomic E-state index is 0.233. The van der Waals surface area contributed by atoms with Gasteiger partial charge in [0.15, 0.2) is 5.78 Å². The smallest absolute Gasteiger partial charge is 0.213 e. The summed E-state index contributed by atoms with van der Waals surface area (Å²) in [5.74, 6) is 5.20. The van der Waals surface area contributed by atoms with Gasteiger partial charge in [0.1, 0.15) is 0 Å². The Labute approximate surface area is 104 Å². The number of carbonyl (C=O) groups excluding carboxylic acids is 2. The van der Waals surface area contributed by atoms with Gasteiger partial charge in [-0.2, -0.15) is 0 Å². The zero-order valence-corrected chi connectivity index (χ0v) is 10.8. The molecule has 2 nitrogen and oxygen atoms in total. The van der Waals surface area contributed by atoms with Crippen LogP contribution in [0.1, 0.15) is 64.7 Å². The van der Waals surface area contributed by atoms with Gasteiger partial charge in [-0.1, -0.05) is 44.9 Å². The van der Waals surface area contributed by atoms with Gasteiger partial charge in [0.05, 0.1) is 5.92 Å². The van der Waals surface area contributed by atoms with Crippen LogP contribution in [-0.4, -0.2) is 11.6 Å². The van der Waals surface area contributed by atoms with Gasteiger partial charge in [0.2, 0.25) is 5.78 Å². The lowest BCUT2D eigenvalue weighted by Crippen LogP contribution is -2.11. The summed E-state index contributed by atoms with van der Waals surface area (Å²) < 4.78 is 0. The van der Waals surface area contributed by atoms with E-state index in [2.05, 4.69) is 18.8 Å². The molecule has 1 saturated carbocycles. The van der Waals surface area contributed by atoms with Gasteiger partial charge in [-0.3, -0.25) is 9.59 Å². The summed E-state index contributed by atoms with van der Waals surface area (Å²) in [4.78, 5) is 22.3. The lowest BCUT2D eigenvalue weighted by atomic mass is 10.1. The highest BCUT2D eigenvalue weighted by molar-refractivity contribution is 6.40. The minimum atomic E-state index is -0.289. The lowest BCUT2D eigenvalue weighted by molar-refractivity contribution is -0.134. The standard InChI is InChI=1S/C15H22O2/c1-2-3-4-5-6-7-8-9-10-13-11-12-14(16)15(13)17/h13H,2-8,11-12H2,1H3/t13-/m0/s1. The first kappa shape index (κ1) is 14.0. The van der Waals surface area contributed by atoms with E-state index in [0.717, 1.165) is 12.8 Å². The number of hydrogen-bond acceptors (Lipinski definition) is 2. The molecule has 1 rings (SSSR count). The Bertz CT molecular complexity index is 320.